The van der Waals surface area contributed by atoms with Gasteiger partial charge in [0, 0.05) is 12.4 Å². The number of hydrogen-bond acceptors (Lipinski definition) is 3. The third-order valence-corrected chi connectivity index (χ3v) is 2.64. The van der Waals surface area contributed by atoms with Crippen LogP contribution in [0.15, 0.2) is 35.6 Å². The Morgan fingerprint density at radius 2 is 2.14 bits per heavy atom. The molecule has 14 heavy (non-hydrogen) atoms. The zero-order valence-electron chi connectivity index (χ0n) is 7.07. The lowest BCUT2D eigenvalue weighted by molar-refractivity contribution is 0.936. The van der Waals surface area contributed by atoms with Gasteiger partial charge in [-0.05, 0) is 34.7 Å². The summed E-state index contributed by atoms with van der Waals surface area (Å²) in [5, 5.41) is 0. The van der Waals surface area contributed by atoms with Gasteiger partial charge in [-0.15, -0.1) is 0 Å². The van der Waals surface area contributed by atoms with Crippen LogP contribution in [0.25, 0.3) is 0 Å². The molecule has 0 saturated carbocycles. The minimum absolute atomic E-state index is 0.143. The molecule has 0 saturated heterocycles. The minimum atomic E-state index is -0.143. The summed E-state index contributed by atoms with van der Waals surface area (Å²) in [7, 11) is 0. The van der Waals surface area contributed by atoms with Crippen molar-refractivity contribution in [2.75, 3.05) is 5.43 Å². The molecule has 0 fully saturated rings. The number of hydrogen-bond donors (Lipinski definition) is 2. The fourth-order valence-corrected chi connectivity index (χ4v) is 1.41. The van der Waals surface area contributed by atoms with Gasteiger partial charge in [0.15, 0.2) is 5.82 Å². The molecule has 2 heterocycles. The van der Waals surface area contributed by atoms with E-state index in [-0.39, 0.29) is 5.56 Å². The van der Waals surface area contributed by atoms with Crippen molar-refractivity contribution < 1.29 is 0 Å². The summed E-state index contributed by atoms with van der Waals surface area (Å²) in [6.45, 7) is 0. The summed E-state index contributed by atoms with van der Waals surface area (Å²) in [5.74, 6) is 0.547. The van der Waals surface area contributed by atoms with Crippen LogP contribution in [0.2, 0.25) is 0 Å². The highest BCUT2D eigenvalue weighted by molar-refractivity contribution is 14.1. The standard InChI is InChI=1S/C8H7IN4O/c9-6-7(10-5-11-8(6)14)12-13-3-1-2-4-13/h1-5H,(H2,10,11,12,14). The number of H-pyrrole nitrogens is 1. The van der Waals surface area contributed by atoms with Gasteiger partial charge in [0.2, 0.25) is 0 Å². The molecule has 0 aromatic carbocycles. The molecule has 5 nitrogen and oxygen atoms in total. The Kier molecular flexibility index (Phi) is 2.53. The summed E-state index contributed by atoms with van der Waals surface area (Å²) in [5.41, 5.74) is 2.83. The Hall–Kier alpha value is -1.31. The fourth-order valence-electron chi connectivity index (χ4n) is 0.992. The predicted molar refractivity (Wildman–Crippen MR) is 61.0 cm³/mol. The highest BCUT2D eigenvalue weighted by atomic mass is 127. The number of nitrogens with one attached hydrogen (secondary N) is 2. The average Bonchev–Trinajstić information content (AvgIpc) is 2.66. The molecule has 2 aromatic heterocycles. The first-order valence-corrected chi connectivity index (χ1v) is 4.98. The average molecular weight is 302 g/mol. The molecule has 2 N–H and O–H groups in total. The topological polar surface area (TPSA) is 62.7 Å². The van der Waals surface area contributed by atoms with Gasteiger partial charge in [-0.1, -0.05) is 0 Å². The van der Waals surface area contributed by atoms with Gasteiger partial charge in [-0.2, -0.15) is 0 Å². The second-order valence-corrected chi connectivity index (χ2v) is 3.68. The van der Waals surface area contributed by atoms with Gasteiger partial charge < -0.3 is 4.98 Å². The van der Waals surface area contributed by atoms with Gasteiger partial charge in [0.05, 0.1) is 6.33 Å². The molecule has 6 heteroatoms. The lowest BCUT2D eigenvalue weighted by Gasteiger charge is -2.06. The summed E-state index contributed by atoms with van der Waals surface area (Å²) < 4.78 is 2.27. The quantitative estimate of drug-likeness (QED) is 0.815. The largest absolute Gasteiger partial charge is 0.312 e. The molecular weight excluding hydrogens is 295 g/mol. The molecule has 0 amide bonds. The number of halogens is 1. The minimum Gasteiger partial charge on any atom is -0.312 e. The van der Waals surface area contributed by atoms with Crippen LogP contribution in [0.3, 0.4) is 0 Å². The van der Waals surface area contributed by atoms with Gasteiger partial charge in [-0.3, -0.25) is 14.9 Å². The highest BCUT2D eigenvalue weighted by Gasteiger charge is 2.03. The van der Waals surface area contributed by atoms with E-state index in [1.165, 1.54) is 6.33 Å². The molecule has 2 rings (SSSR count). The summed E-state index contributed by atoms with van der Waals surface area (Å²) in [6.07, 6.45) is 5.04. The number of aromatic nitrogens is 3. The molecule has 0 aliphatic carbocycles. The molecule has 0 unspecified atom stereocenters. The summed E-state index contributed by atoms with van der Waals surface area (Å²) in [4.78, 5) is 17.7. The van der Waals surface area contributed by atoms with E-state index in [0.717, 1.165) is 0 Å². The van der Waals surface area contributed by atoms with E-state index >= 15 is 0 Å². The van der Waals surface area contributed by atoms with Crippen molar-refractivity contribution in [3.05, 3.63) is 44.8 Å². The second-order valence-electron chi connectivity index (χ2n) is 2.60. The van der Waals surface area contributed by atoms with Crippen LogP contribution in [0.1, 0.15) is 0 Å². The molecule has 0 aliphatic rings. The van der Waals surface area contributed by atoms with Crippen molar-refractivity contribution in [2.45, 2.75) is 0 Å². The van der Waals surface area contributed by atoms with E-state index in [0.29, 0.717) is 9.39 Å². The lowest BCUT2D eigenvalue weighted by atomic mass is 10.6. The van der Waals surface area contributed by atoms with E-state index in [1.807, 2.05) is 47.1 Å². The molecule has 72 valence electrons. The van der Waals surface area contributed by atoms with Gasteiger partial charge in [0.25, 0.3) is 5.56 Å². The zero-order chi connectivity index (χ0) is 9.97. The van der Waals surface area contributed by atoms with Crippen LogP contribution in [-0.4, -0.2) is 14.6 Å². The van der Waals surface area contributed by atoms with Crippen LogP contribution in [0.5, 0.6) is 0 Å². The lowest BCUT2D eigenvalue weighted by Crippen LogP contribution is -2.16. The molecular formula is C8H7IN4O. The normalized spacial score (nSPS) is 10.1. The van der Waals surface area contributed by atoms with Crippen molar-refractivity contribution in [1.29, 1.82) is 0 Å². The Labute approximate surface area is 93.3 Å². The van der Waals surface area contributed by atoms with E-state index in [4.69, 9.17) is 0 Å². The molecule has 2 aromatic rings. The summed E-state index contributed by atoms with van der Waals surface area (Å²) in [6, 6.07) is 3.76. The Balaban J connectivity index is 2.34. The van der Waals surface area contributed by atoms with Crippen molar-refractivity contribution in [1.82, 2.24) is 14.6 Å². The molecule has 0 radical (unpaired) electrons. The third-order valence-electron chi connectivity index (χ3n) is 1.64. The molecule has 0 atom stereocenters. The van der Waals surface area contributed by atoms with Crippen LogP contribution in [0, 0.1) is 3.57 Å². The third kappa shape index (κ3) is 1.79. The molecule has 0 spiro atoms. The van der Waals surface area contributed by atoms with Crippen LogP contribution >= 0.6 is 22.6 Å². The first kappa shape index (κ1) is 9.25. The monoisotopic (exact) mass is 302 g/mol. The number of aromatic amines is 1. The Morgan fingerprint density at radius 1 is 1.43 bits per heavy atom. The van der Waals surface area contributed by atoms with E-state index in [2.05, 4.69) is 15.4 Å². The maximum Gasteiger partial charge on any atom is 0.266 e. The van der Waals surface area contributed by atoms with Crippen molar-refractivity contribution in [3.8, 4) is 0 Å². The van der Waals surface area contributed by atoms with Crippen LogP contribution < -0.4 is 11.0 Å². The van der Waals surface area contributed by atoms with E-state index < -0.39 is 0 Å². The second kappa shape index (κ2) is 3.82. The number of nitrogens with zero attached hydrogens (tertiary/aromatic N) is 2. The number of rotatable bonds is 2. The van der Waals surface area contributed by atoms with Crippen molar-refractivity contribution in [3.63, 3.8) is 0 Å². The highest BCUT2D eigenvalue weighted by Crippen LogP contribution is 2.08. The Morgan fingerprint density at radius 3 is 2.86 bits per heavy atom. The predicted octanol–water partition coefficient (Wildman–Crippen LogP) is 1.05. The van der Waals surface area contributed by atoms with E-state index in [9.17, 15) is 4.79 Å². The van der Waals surface area contributed by atoms with Gasteiger partial charge in [-0.25, -0.2) is 4.98 Å². The van der Waals surface area contributed by atoms with Crippen LogP contribution in [0.4, 0.5) is 5.82 Å². The fraction of sp³-hybridized carbons (Fsp3) is 0. The molecule has 0 bridgehead atoms. The van der Waals surface area contributed by atoms with Gasteiger partial charge in [0.1, 0.15) is 3.57 Å². The number of anilines is 1. The van der Waals surface area contributed by atoms with Crippen molar-refractivity contribution >= 4 is 28.4 Å². The maximum absolute atomic E-state index is 11.2. The SMILES string of the molecule is O=c1[nH]cnc(Nn2cccc2)c1I. The first-order chi connectivity index (χ1) is 6.77. The maximum atomic E-state index is 11.2. The Bertz CT molecular complexity index is 476. The smallest absolute Gasteiger partial charge is 0.266 e. The first-order valence-electron chi connectivity index (χ1n) is 3.90. The zero-order valence-corrected chi connectivity index (χ0v) is 9.22. The summed E-state index contributed by atoms with van der Waals surface area (Å²) >= 11 is 1.95. The molecule has 0 aliphatic heterocycles. The van der Waals surface area contributed by atoms with E-state index in [1.54, 1.807) is 4.68 Å². The van der Waals surface area contributed by atoms with Gasteiger partial charge >= 0.3 is 0 Å². The van der Waals surface area contributed by atoms with Crippen molar-refractivity contribution in [2.24, 2.45) is 0 Å². The van der Waals surface area contributed by atoms with Crippen LogP contribution in [-0.2, 0) is 0 Å².